The van der Waals surface area contributed by atoms with Gasteiger partial charge in [0.2, 0.25) is 5.91 Å². The van der Waals surface area contributed by atoms with Gasteiger partial charge in [-0.25, -0.2) is 0 Å². The zero-order valence-electron chi connectivity index (χ0n) is 11.6. The first kappa shape index (κ1) is 17.4. The van der Waals surface area contributed by atoms with Crippen molar-refractivity contribution in [3.05, 3.63) is 28.2 Å². The van der Waals surface area contributed by atoms with E-state index in [9.17, 15) is 4.79 Å². The van der Waals surface area contributed by atoms with Crippen LogP contribution in [0.5, 0.6) is 0 Å². The number of aryl methyl sites for hydroxylation is 1. The number of rotatable bonds is 3. The Balaban J connectivity index is 0.00000200. The summed E-state index contributed by atoms with van der Waals surface area (Å²) in [5.41, 5.74) is 2.01. The van der Waals surface area contributed by atoms with Crippen molar-refractivity contribution in [3.8, 4) is 0 Å². The Morgan fingerprint density at radius 1 is 1.40 bits per heavy atom. The Kier molecular flexibility index (Phi) is 7.51. The fourth-order valence-electron chi connectivity index (χ4n) is 2.17. The van der Waals surface area contributed by atoms with Crippen LogP contribution in [0.2, 0.25) is 0 Å². The molecule has 0 spiro atoms. The molecule has 1 aliphatic rings. The summed E-state index contributed by atoms with van der Waals surface area (Å²) in [7, 11) is 0. The van der Waals surface area contributed by atoms with Crippen LogP contribution in [0.15, 0.2) is 22.7 Å². The molecule has 2 rings (SSSR count). The average molecular weight is 363 g/mol. The van der Waals surface area contributed by atoms with Crippen LogP contribution >= 0.6 is 28.3 Å². The first-order valence-corrected chi connectivity index (χ1v) is 7.43. The maximum absolute atomic E-state index is 12.0. The summed E-state index contributed by atoms with van der Waals surface area (Å²) in [5.74, 6) is 0.0476. The molecule has 2 N–H and O–H groups in total. The van der Waals surface area contributed by atoms with Gasteiger partial charge in [-0.1, -0.05) is 6.07 Å². The monoisotopic (exact) mass is 361 g/mol. The highest BCUT2D eigenvalue weighted by molar-refractivity contribution is 9.10. The molecule has 0 saturated carbocycles. The van der Waals surface area contributed by atoms with E-state index in [2.05, 4.69) is 31.5 Å². The van der Waals surface area contributed by atoms with Crippen molar-refractivity contribution in [1.29, 1.82) is 0 Å². The predicted molar refractivity (Wildman–Crippen MR) is 88.7 cm³/mol. The summed E-state index contributed by atoms with van der Waals surface area (Å²) in [6.07, 6.45) is 1.10. The summed E-state index contributed by atoms with van der Waals surface area (Å²) >= 11 is 3.47. The number of carbonyl (C=O) groups is 1. The van der Waals surface area contributed by atoms with Gasteiger partial charge in [-0.05, 0) is 60.1 Å². The maximum Gasteiger partial charge on any atom is 0.238 e. The van der Waals surface area contributed by atoms with Gasteiger partial charge in [-0.2, -0.15) is 0 Å². The van der Waals surface area contributed by atoms with Crippen molar-refractivity contribution in [1.82, 2.24) is 10.2 Å². The van der Waals surface area contributed by atoms with Crippen LogP contribution in [-0.2, 0) is 4.79 Å². The molecule has 6 heteroatoms. The number of benzene rings is 1. The smallest absolute Gasteiger partial charge is 0.238 e. The largest absolute Gasteiger partial charge is 0.324 e. The van der Waals surface area contributed by atoms with E-state index in [1.165, 1.54) is 5.56 Å². The highest BCUT2D eigenvalue weighted by Gasteiger charge is 2.13. The van der Waals surface area contributed by atoms with Crippen LogP contribution in [-0.4, -0.2) is 43.5 Å². The molecular formula is C14H21BrClN3O. The molecule has 112 valence electrons. The lowest BCUT2D eigenvalue weighted by atomic mass is 10.2. The number of amides is 1. The van der Waals surface area contributed by atoms with Crippen LogP contribution in [0.1, 0.15) is 12.0 Å². The third-order valence-electron chi connectivity index (χ3n) is 3.20. The average Bonchev–Trinajstić information content (AvgIpc) is 2.61. The molecule has 1 saturated heterocycles. The normalized spacial score (nSPS) is 16.1. The van der Waals surface area contributed by atoms with Gasteiger partial charge in [0.05, 0.1) is 12.2 Å². The summed E-state index contributed by atoms with van der Waals surface area (Å²) in [6, 6.07) is 5.93. The highest BCUT2D eigenvalue weighted by atomic mass is 79.9. The van der Waals surface area contributed by atoms with Gasteiger partial charge in [0.25, 0.3) is 0 Å². The van der Waals surface area contributed by atoms with E-state index in [4.69, 9.17) is 0 Å². The fourth-order valence-corrected chi connectivity index (χ4v) is 2.77. The van der Waals surface area contributed by atoms with Crippen LogP contribution in [0.25, 0.3) is 0 Å². The van der Waals surface area contributed by atoms with Crippen LogP contribution in [0, 0.1) is 6.92 Å². The Morgan fingerprint density at radius 3 is 2.95 bits per heavy atom. The standard InChI is InChI=1S/C14H20BrN3O.ClH/c1-11-3-4-13(12(15)9-11)17-14(19)10-18-7-2-5-16-6-8-18;/h3-4,9,16H,2,5-8,10H2,1H3,(H,17,19);1H. The van der Waals surface area contributed by atoms with E-state index in [1.807, 2.05) is 25.1 Å². The molecule has 0 unspecified atom stereocenters. The van der Waals surface area contributed by atoms with E-state index < -0.39 is 0 Å². The predicted octanol–water partition coefficient (Wildman–Crippen LogP) is 2.41. The molecule has 0 bridgehead atoms. The summed E-state index contributed by atoms with van der Waals surface area (Å²) in [6.45, 7) is 6.41. The Morgan fingerprint density at radius 2 is 2.20 bits per heavy atom. The van der Waals surface area contributed by atoms with Crippen molar-refractivity contribution in [2.75, 3.05) is 38.0 Å². The topological polar surface area (TPSA) is 44.4 Å². The highest BCUT2D eigenvalue weighted by Crippen LogP contribution is 2.23. The third kappa shape index (κ3) is 5.40. The van der Waals surface area contributed by atoms with Gasteiger partial charge < -0.3 is 10.6 Å². The molecule has 0 atom stereocenters. The molecule has 4 nitrogen and oxygen atoms in total. The second kappa shape index (κ2) is 8.62. The number of hydrogen-bond acceptors (Lipinski definition) is 3. The summed E-state index contributed by atoms with van der Waals surface area (Å²) in [4.78, 5) is 14.2. The van der Waals surface area contributed by atoms with Gasteiger partial charge in [0, 0.05) is 17.6 Å². The number of nitrogens with one attached hydrogen (secondary N) is 2. The number of nitrogens with zero attached hydrogens (tertiary/aromatic N) is 1. The van der Waals surface area contributed by atoms with E-state index in [0.717, 1.165) is 42.8 Å². The Hall–Kier alpha value is -0.620. The van der Waals surface area contributed by atoms with Gasteiger partial charge >= 0.3 is 0 Å². The molecule has 1 amide bonds. The zero-order chi connectivity index (χ0) is 13.7. The quantitative estimate of drug-likeness (QED) is 0.868. The molecular weight excluding hydrogens is 342 g/mol. The summed E-state index contributed by atoms with van der Waals surface area (Å²) < 4.78 is 0.929. The van der Waals surface area contributed by atoms with Crippen LogP contribution in [0.3, 0.4) is 0 Å². The minimum Gasteiger partial charge on any atom is -0.324 e. The molecule has 20 heavy (non-hydrogen) atoms. The van der Waals surface area contributed by atoms with Crippen molar-refractivity contribution in [2.45, 2.75) is 13.3 Å². The van der Waals surface area contributed by atoms with Crippen molar-refractivity contribution in [2.24, 2.45) is 0 Å². The second-order valence-electron chi connectivity index (χ2n) is 4.91. The number of hydrogen-bond donors (Lipinski definition) is 2. The molecule has 0 aliphatic carbocycles. The Bertz CT molecular complexity index is 448. The van der Waals surface area contributed by atoms with Crippen molar-refractivity contribution >= 4 is 39.9 Å². The Labute approximate surface area is 134 Å². The fraction of sp³-hybridized carbons (Fsp3) is 0.500. The van der Waals surface area contributed by atoms with Gasteiger partial charge in [-0.3, -0.25) is 9.69 Å². The molecule has 0 radical (unpaired) electrons. The zero-order valence-corrected chi connectivity index (χ0v) is 14.0. The van der Waals surface area contributed by atoms with Gasteiger partial charge in [0.15, 0.2) is 0 Å². The molecule has 1 fully saturated rings. The maximum atomic E-state index is 12.0. The number of halogens is 2. The first-order valence-electron chi connectivity index (χ1n) is 6.64. The van der Waals surface area contributed by atoms with Crippen molar-refractivity contribution < 1.29 is 4.79 Å². The molecule has 0 aromatic heterocycles. The minimum absolute atomic E-state index is 0. The second-order valence-corrected chi connectivity index (χ2v) is 5.77. The first-order chi connectivity index (χ1) is 9.15. The minimum atomic E-state index is 0. The van der Waals surface area contributed by atoms with Crippen LogP contribution in [0.4, 0.5) is 5.69 Å². The summed E-state index contributed by atoms with van der Waals surface area (Å²) in [5, 5.41) is 6.29. The van der Waals surface area contributed by atoms with E-state index in [1.54, 1.807) is 0 Å². The molecule has 1 aromatic carbocycles. The van der Waals surface area contributed by atoms with Crippen molar-refractivity contribution in [3.63, 3.8) is 0 Å². The molecule has 1 aliphatic heterocycles. The van der Waals surface area contributed by atoms with E-state index in [-0.39, 0.29) is 18.3 Å². The lowest BCUT2D eigenvalue weighted by molar-refractivity contribution is -0.117. The molecule has 1 heterocycles. The number of carbonyl (C=O) groups excluding carboxylic acids is 1. The van der Waals surface area contributed by atoms with Gasteiger partial charge in [-0.15, -0.1) is 12.4 Å². The lowest BCUT2D eigenvalue weighted by Crippen LogP contribution is -2.35. The third-order valence-corrected chi connectivity index (χ3v) is 3.85. The van der Waals surface area contributed by atoms with Crippen LogP contribution < -0.4 is 10.6 Å². The van der Waals surface area contributed by atoms with E-state index in [0.29, 0.717) is 6.54 Å². The van der Waals surface area contributed by atoms with E-state index >= 15 is 0 Å². The molecule has 1 aromatic rings. The lowest BCUT2D eigenvalue weighted by Gasteiger charge is -2.19. The SMILES string of the molecule is Cc1ccc(NC(=O)CN2CCCNCC2)c(Br)c1.Cl. The number of anilines is 1. The van der Waals surface area contributed by atoms with Gasteiger partial charge in [0.1, 0.15) is 0 Å².